The molecule has 16 heavy (non-hydrogen) atoms. The van der Waals surface area contributed by atoms with Gasteiger partial charge in [0.05, 0.1) is 13.1 Å². The molecular weight excluding hydrogens is 210 g/mol. The molecule has 0 atom stereocenters. The van der Waals surface area contributed by atoms with Gasteiger partial charge in [-0.3, -0.25) is 14.4 Å². The first-order chi connectivity index (χ1) is 7.20. The molecule has 0 saturated carbocycles. The van der Waals surface area contributed by atoms with Crippen LogP contribution in [0.15, 0.2) is 0 Å². The van der Waals surface area contributed by atoms with Gasteiger partial charge >= 0.3 is 0 Å². The van der Waals surface area contributed by atoms with Crippen LogP contribution in [0.5, 0.6) is 0 Å². The average Bonchev–Trinajstić information content (AvgIpc) is 2.08. The largest absolute Gasteiger partial charge is 0.350 e. The molecule has 0 aromatic carbocycles. The number of amides is 3. The lowest BCUT2D eigenvalue weighted by atomic mass is 10.1. The number of hydrogen-bond donors (Lipinski definition) is 3. The van der Waals surface area contributed by atoms with Crippen LogP contribution in [0.1, 0.15) is 27.7 Å². The van der Waals surface area contributed by atoms with Gasteiger partial charge in [-0.05, 0) is 20.8 Å². The average molecular weight is 229 g/mol. The van der Waals surface area contributed by atoms with E-state index in [9.17, 15) is 14.4 Å². The molecule has 0 aromatic heterocycles. The van der Waals surface area contributed by atoms with Gasteiger partial charge in [0, 0.05) is 12.5 Å². The smallest absolute Gasteiger partial charge is 0.239 e. The van der Waals surface area contributed by atoms with Crippen LogP contribution >= 0.6 is 0 Å². The summed E-state index contributed by atoms with van der Waals surface area (Å²) < 4.78 is 0. The summed E-state index contributed by atoms with van der Waals surface area (Å²) in [6, 6.07) is 0. The van der Waals surface area contributed by atoms with Crippen molar-refractivity contribution in [2.75, 3.05) is 13.1 Å². The molecule has 0 aliphatic heterocycles. The van der Waals surface area contributed by atoms with Crippen molar-refractivity contribution in [3.05, 3.63) is 0 Å². The van der Waals surface area contributed by atoms with Gasteiger partial charge in [-0.25, -0.2) is 0 Å². The van der Waals surface area contributed by atoms with Crippen LogP contribution in [0.3, 0.4) is 0 Å². The summed E-state index contributed by atoms with van der Waals surface area (Å²) in [6.45, 7) is 6.67. The summed E-state index contributed by atoms with van der Waals surface area (Å²) in [4.78, 5) is 32.9. The third kappa shape index (κ3) is 8.98. The van der Waals surface area contributed by atoms with Crippen LogP contribution in [0.2, 0.25) is 0 Å². The Bertz CT molecular complexity index is 282. The first kappa shape index (κ1) is 14.4. The minimum absolute atomic E-state index is 0.0876. The molecule has 0 bridgehead atoms. The third-order valence-corrected chi connectivity index (χ3v) is 1.46. The first-order valence-electron chi connectivity index (χ1n) is 5.03. The molecule has 0 spiro atoms. The van der Waals surface area contributed by atoms with Crippen LogP contribution < -0.4 is 16.0 Å². The molecule has 0 radical (unpaired) electrons. The van der Waals surface area contributed by atoms with Gasteiger partial charge in [0.2, 0.25) is 17.7 Å². The zero-order valence-electron chi connectivity index (χ0n) is 10.1. The summed E-state index contributed by atoms with van der Waals surface area (Å²) in [5.74, 6) is -0.933. The fourth-order valence-corrected chi connectivity index (χ4v) is 0.909. The minimum Gasteiger partial charge on any atom is -0.350 e. The Hall–Kier alpha value is -1.59. The molecule has 3 N–H and O–H groups in total. The van der Waals surface area contributed by atoms with Gasteiger partial charge in [0.15, 0.2) is 0 Å². The Kier molecular flexibility index (Phi) is 5.49. The maximum atomic E-state index is 11.3. The van der Waals surface area contributed by atoms with E-state index in [0.717, 1.165) is 0 Å². The number of hydrogen-bond acceptors (Lipinski definition) is 3. The van der Waals surface area contributed by atoms with Crippen LogP contribution in [0, 0.1) is 0 Å². The van der Waals surface area contributed by atoms with Crippen molar-refractivity contribution < 1.29 is 14.4 Å². The second kappa shape index (κ2) is 6.09. The van der Waals surface area contributed by atoms with Gasteiger partial charge < -0.3 is 16.0 Å². The highest BCUT2D eigenvalue weighted by Crippen LogP contribution is 1.96. The maximum Gasteiger partial charge on any atom is 0.239 e. The van der Waals surface area contributed by atoms with Crippen molar-refractivity contribution in [1.82, 2.24) is 16.0 Å². The molecule has 0 heterocycles. The van der Waals surface area contributed by atoms with Crippen molar-refractivity contribution >= 4 is 17.7 Å². The van der Waals surface area contributed by atoms with Crippen molar-refractivity contribution in [2.24, 2.45) is 0 Å². The molecule has 3 amide bonds. The standard InChI is InChI=1S/C10H19N3O3/c1-7(14)11-5-8(15)12-6-9(16)13-10(2,3)4/h5-6H2,1-4H3,(H,11,14)(H,12,15)(H,13,16). The SMILES string of the molecule is CC(=O)NCC(=O)NCC(=O)NC(C)(C)C. The van der Waals surface area contributed by atoms with E-state index in [1.54, 1.807) is 0 Å². The van der Waals surface area contributed by atoms with Crippen molar-refractivity contribution in [3.63, 3.8) is 0 Å². The van der Waals surface area contributed by atoms with Crippen LogP contribution in [0.4, 0.5) is 0 Å². The number of rotatable bonds is 4. The highest BCUT2D eigenvalue weighted by molar-refractivity contribution is 5.87. The number of carbonyl (C=O) groups is 3. The second-order valence-corrected chi connectivity index (χ2v) is 4.48. The lowest BCUT2D eigenvalue weighted by Crippen LogP contribution is -2.47. The quantitative estimate of drug-likeness (QED) is 0.587. The topological polar surface area (TPSA) is 87.3 Å². The monoisotopic (exact) mass is 229 g/mol. The van der Waals surface area contributed by atoms with Crippen LogP contribution in [0.25, 0.3) is 0 Å². The summed E-state index contributed by atoms with van der Waals surface area (Å²) in [5, 5.41) is 7.43. The summed E-state index contributed by atoms with van der Waals surface area (Å²) in [5.41, 5.74) is -0.320. The van der Waals surface area contributed by atoms with Crippen molar-refractivity contribution in [3.8, 4) is 0 Å². The summed E-state index contributed by atoms with van der Waals surface area (Å²) in [6.07, 6.45) is 0. The molecule has 0 rings (SSSR count). The van der Waals surface area contributed by atoms with Gasteiger partial charge in [0.25, 0.3) is 0 Å². The normalized spacial score (nSPS) is 10.5. The molecule has 6 nitrogen and oxygen atoms in total. The summed E-state index contributed by atoms with van der Waals surface area (Å²) in [7, 11) is 0. The minimum atomic E-state index is -0.390. The molecule has 0 aliphatic rings. The molecule has 0 fully saturated rings. The Morgan fingerprint density at radius 3 is 1.88 bits per heavy atom. The zero-order chi connectivity index (χ0) is 12.8. The third-order valence-electron chi connectivity index (χ3n) is 1.46. The fourth-order valence-electron chi connectivity index (χ4n) is 0.909. The molecule has 92 valence electrons. The van der Waals surface area contributed by atoms with E-state index in [0.29, 0.717) is 0 Å². The molecule has 0 saturated heterocycles. The van der Waals surface area contributed by atoms with E-state index in [2.05, 4.69) is 16.0 Å². The molecule has 0 aromatic rings. The highest BCUT2D eigenvalue weighted by atomic mass is 16.2. The van der Waals surface area contributed by atoms with E-state index in [4.69, 9.17) is 0 Å². The van der Waals surface area contributed by atoms with E-state index in [-0.39, 0.29) is 36.3 Å². The molecule has 6 heteroatoms. The van der Waals surface area contributed by atoms with E-state index < -0.39 is 0 Å². The number of carbonyl (C=O) groups excluding carboxylic acids is 3. The number of nitrogens with one attached hydrogen (secondary N) is 3. The molecule has 0 unspecified atom stereocenters. The van der Waals surface area contributed by atoms with Crippen LogP contribution in [-0.2, 0) is 14.4 Å². The highest BCUT2D eigenvalue weighted by Gasteiger charge is 2.13. The Balaban J connectivity index is 3.76. The Labute approximate surface area is 95.2 Å². The van der Waals surface area contributed by atoms with Crippen LogP contribution in [-0.4, -0.2) is 36.3 Å². The van der Waals surface area contributed by atoms with E-state index in [1.807, 2.05) is 20.8 Å². The van der Waals surface area contributed by atoms with E-state index in [1.165, 1.54) is 6.92 Å². The second-order valence-electron chi connectivity index (χ2n) is 4.48. The lowest BCUT2D eigenvalue weighted by Gasteiger charge is -2.20. The van der Waals surface area contributed by atoms with Gasteiger partial charge in [-0.2, -0.15) is 0 Å². The van der Waals surface area contributed by atoms with Gasteiger partial charge in [-0.15, -0.1) is 0 Å². The van der Waals surface area contributed by atoms with Crippen molar-refractivity contribution in [1.29, 1.82) is 0 Å². The first-order valence-corrected chi connectivity index (χ1v) is 5.03. The van der Waals surface area contributed by atoms with Gasteiger partial charge in [0.1, 0.15) is 0 Å². The predicted octanol–water partition coefficient (Wildman–Crippen LogP) is -0.847. The Morgan fingerprint density at radius 2 is 1.44 bits per heavy atom. The molecular formula is C10H19N3O3. The van der Waals surface area contributed by atoms with Gasteiger partial charge in [-0.1, -0.05) is 0 Å². The van der Waals surface area contributed by atoms with E-state index >= 15 is 0 Å². The molecule has 0 aliphatic carbocycles. The Morgan fingerprint density at radius 1 is 0.938 bits per heavy atom. The lowest BCUT2D eigenvalue weighted by molar-refractivity contribution is -0.127. The maximum absolute atomic E-state index is 11.3. The van der Waals surface area contributed by atoms with Crippen molar-refractivity contribution in [2.45, 2.75) is 33.2 Å². The predicted molar refractivity (Wildman–Crippen MR) is 59.6 cm³/mol. The summed E-state index contributed by atoms with van der Waals surface area (Å²) >= 11 is 0. The fraction of sp³-hybridized carbons (Fsp3) is 0.700. The zero-order valence-corrected chi connectivity index (χ0v) is 10.1.